The molecule has 136 valence electrons. The zero-order valence-corrected chi connectivity index (χ0v) is 14.4. The molecule has 2 aromatic rings. The van der Waals surface area contributed by atoms with Gasteiger partial charge in [-0.15, -0.1) is 0 Å². The average Bonchev–Trinajstić information content (AvgIpc) is 2.92. The Kier molecular flexibility index (Phi) is 4.75. The Hall–Kier alpha value is -3.16. The van der Waals surface area contributed by atoms with E-state index in [1.54, 1.807) is 36.9 Å². The number of fused-ring (bicyclic) bond motifs is 4. The van der Waals surface area contributed by atoms with E-state index in [4.69, 9.17) is 5.11 Å². The number of carboxylic acid groups (broad SMARTS) is 1. The summed E-state index contributed by atoms with van der Waals surface area (Å²) in [5.41, 5.74) is 2.02. The minimum Gasteiger partial charge on any atom is -0.465 e. The Morgan fingerprint density at radius 2 is 2.19 bits per heavy atom. The van der Waals surface area contributed by atoms with Crippen molar-refractivity contribution >= 4 is 17.7 Å². The maximum atomic E-state index is 14.2. The van der Waals surface area contributed by atoms with Crippen molar-refractivity contribution in [3.05, 3.63) is 47.9 Å². The van der Waals surface area contributed by atoms with E-state index in [0.29, 0.717) is 28.9 Å². The number of halogens is 1. The maximum Gasteiger partial charge on any atom is 0.405 e. The van der Waals surface area contributed by atoms with E-state index in [2.05, 4.69) is 15.7 Å². The van der Waals surface area contributed by atoms with Crippen LogP contribution in [0.5, 0.6) is 0 Å². The molecule has 1 aromatic carbocycles. The summed E-state index contributed by atoms with van der Waals surface area (Å²) in [6, 6.07) is 3.71. The third kappa shape index (κ3) is 3.58. The van der Waals surface area contributed by atoms with Crippen molar-refractivity contribution in [1.29, 1.82) is 0 Å². The highest BCUT2D eigenvalue weighted by molar-refractivity contribution is 5.96. The van der Waals surface area contributed by atoms with Gasteiger partial charge in [-0.3, -0.25) is 9.48 Å². The van der Waals surface area contributed by atoms with Gasteiger partial charge in [-0.2, -0.15) is 5.10 Å². The van der Waals surface area contributed by atoms with Crippen LogP contribution in [0.3, 0.4) is 0 Å². The summed E-state index contributed by atoms with van der Waals surface area (Å²) in [5.74, 6) is -1.14. The van der Waals surface area contributed by atoms with Crippen LogP contribution in [0.4, 0.5) is 14.9 Å². The molecule has 0 spiro atoms. The fourth-order valence-corrected chi connectivity index (χ4v) is 3.00. The van der Waals surface area contributed by atoms with E-state index < -0.39 is 23.9 Å². The molecule has 1 aliphatic rings. The van der Waals surface area contributed by atoms with E-state index in [0.717, 1.165) is 0 Å². The molecular weight excluding hydrogens is 339 g/mol. The first-order valence-electron chi connectivity index (χ1n) is 8.15. The van der Waals surface area contributed by atoms with E-state index in [1.165, 1.54) is 18.3 Å². The molecule has 8 heteroatoms. The largest absolute Gasteiger partial charge is 0.465 e. The zero-order valence-electron chi connectivity index (χ0n) is 14.4. The molecule has 1 aliphatic heterocycles. The van der Waals surface area contributed by atoms with Crippen LogP contribution in [0.15, 0.2) is 36.5 Å². The van der Waals surface area contributed by atoms with E-state index in [9.17, 15) is 14.0 Å². The monoisotopic (exact) mass is 358 g/mol. The minimum atomic E-state index is -1.20. The summed E-state index contributed by atoms with van der Waals surface area (Å²) in [6.07, 6.45) is 4.02. The molecular formula is C18H19FN4O3. The van der Waals surface area contributed by atoms with Crippen LogP contribution in [0, 0.1) is 11.7 Å². The lowest BCUT2D eigenvalue weighted by molar-refractivity contribution is -0.118. The van der Waals surface area contributed by atoms with Gasteiger partial charge in [0.15, 0.2) is 0 Å². The fourth-order valence-electron chi connectivity index (χ4n) is 3.00. The molecule has 2 heterocycles. The SMILES string of the molecule is C[C@@H]1C=CC[C@H](NC(=O)O)c2cc(F)cc(c2)-c2c(cnn2C)NC1=O. The number of benzene rings is 1. The van der Waals surface area contributed by atoms with Crippen LogP contribution in [0.2, 0.25) is 0 Å². The van der Waals surface area contributed by atoms with Crippen molar-refractivity contribution < 1.29 is 19.1 Å². The van der Waals surface area contributed by atoms with Crippen LogP contribution in [0.1, 0.15) is 24.9 Å². The fraction of sp³-hybridized carbons (Fsp3) is 0.278. The molecule has 7 nitrogen and oxygen atoms in total. The Morgan fingerprint density at radius 1 is 1.42 bits per heavy atom. The predicted octanol–water partition coefficient (Wildman–Crippen LogP) is 3.07. The van der Waals surface area contributed by atoms with Crippen molar-refractivity contribution in [3.8, 4) is 11.3 Å². The number of hydrogen-bond acceptors (Lipinski definition) is 3. The summed E-state index contributed by atoms with van der Waals surface area (Å²) in [7, 11) is 1.69. The zero-order chi connectivity index (χ0) is 18.8. The molecule has 0 radical (unpaired) electrons. The highest BCUT2D eigenvalue weighted by Gasteiger charge is 2.21. The maximum absolute atomic E-state index is 14.2. The second kappa shape index (κ2) is 6.99. The summed E-state index contributed by atoms with van der Waals surface area (Å²) in [4.78, 5) is 23.5. The number of aryl methyl sites for hydroxylation is 1. The molecule has 3 N–H and O–H groups in total. The van der Waals surface area contributed by atoms with Crippen LogP contribution in [0.25, 0.3) is 11.3 Å². The third-order valence-corrected chi connectivity index (χ3v) is 4.30. The van der Waals surface area contributed by atoms with Gasteiger partial charge < -0.3 is 15.7 Å². The number of nitrogens with zero attached hydrogens (tertiary/aromatic N) is 2. The number of carbonyl (C=O) groups is 2. The summed E-state index contributed by atoms with van der Waals surface area (Å²) < 4.78 is 15.8. The van der Waals surface area contributed by atoms with Gasteiger partial charge in [0.25, 0.3) is 0 Å². The van der Waals surface area contributed by atoms with Gasteiger partial charge >= 0.3 is 6.09 Å². The van der Waals surface area contributed by atoms with Gasteiger partial charge in [-0.25, -0.2) is 9.18 Å². The van der Waals surface area contributed by atoms with E-state index in [-0.39, 0.29) is 5.91 Å². The van der Waals surface area contributed by atoms with Crippen LogP contribution in [-0.2, 0) is 11.8 Å². The Labute approximate surface area is 149 Å². The number of aromatic nitrogens is 2. The number of carbonyl (C=O) groups excluding carboxylic acids is 1. The molecule has 2 bridgehead atoms. The van der Waals surface area contributed by atoms with Crippen molar-refractivity contribution in [1.82, 2.24) is 15.1 Å². The molecule has 0 unspecified atom stereocenters. The molecule has 1 aromatic heterocycles. The molecule has 2 amide bonds. The lowest BCUT2D eigenvalue weighted by atomic mass is 9.97. The van der Waals surface area contributed by atoms with Crippen LogP contribution < -0.4 is 10.6 Å². The molecule has 0 aliphatic carbocycles. The van der Waals surface area contributed by atoms with Crippen LogP contribution >= 0.6 is 0 Å². The van der Waals surface area contributed by atoms with Crippen molar-refractivity contribution in [2.75, 3.05) is 5.32 Å². The molecule has 0 saturated carbocycles. The number of rotatable bonds is 1. The second-order valence-electron chi connectivity index (χ2n) is 6.25. The normalized spacial score (nSPS) is 19.7. The molecule has 2 atom stereocenters. The summed E-state index contributed by atoms with van der Waals surface area (Å²) >= 11 is 0. The average molecular weight is 358 g/mol. The Bertz CT molecular complexity index is 891. The highest BCUT2D eigenvalue weighted by atomic mass is 19.1. The Morgan fingerprint density at radius 3 is 2.92 bits per heavy atom. The van der Waals surface area contributed by atoms with Crippen LogP contribution in [-0.4, -0.2) is 26.9 Å². The molecule has 0 fully saturated rings. The van der Waals surface area contributed by atoms with Gasteiger partial charge in [0.2, 0.25) is 5.91 Å². The molecule has 26 heavy (non-hydrogen) atoms. The van der Waals surface area contributed by atoms with Gasteiger partial charge in [-0.05, 0) is 30.2 Å². The lowest BCUT2D eigenvalue weighted by Gasteiger charge is -2.19. The smallest absolute Gasteiger partial charge is 0.405 e. The second-order valence-corrected chi connectivity index (χ2v) is 6.25. The Balaban J connectivity index is 2.18. The first kappa shape index (κ1) is 17.7. The standard InChI is InChI=1S/C18H19FN4O3/c1-10-4-3-5-14(22-18(25)26)11-6-12(8-13(19)7-11)16-15(21-17(10)24)9-20-23(16)2/h3-4,6-10,14,22H,5H2,1-2H3,(H,21,24)(H,25,26)/t10-,14+/m1/s1. The molecule has 3 rings (SSSR count). The third-order valence-electron chi connectivity index (χ3n) is 4.30. The van der Waals surface area contributed by atoms with Gasteiger partial charge in [0.05, 0.1) is 29.5 Å². The first-order chi connectivity index (χ1) is 12.3. The van der Waals surface area contributed by atoms with Gasteiger partial charge in [0, 0.05) is 12.6 Å². The highest BCUT2D eigenvalue weighted by Crippen LogP contribution is 2.32. The van der Waals surface area contributed by atoms with Gasteiger partial charge in [0.1, 0.15) is 5.82 Å². The van der Waals surface area contributed by atoms with Crippen molar-refractivity contribution in [3.63, 3.8) is 0 Å². The van der Waals surface area contributed by atoms with Crippen molar-refractivity contribution in [2.24, 2.45) is 13.0 Å². The summed E-state index contributed by atoms with van der Waals surface area (Å²) in [6.45, 7) is 1.74. The first-order valence-corrected chi connectivity index (χ1v) is 8.15. The summed E-state index contributed by atoms with van der Waals surface area (Å²) in [5, 5.41) is 18.5. The number of anilines is 1. The van der Waals surface area contributed by atoms with E-state index >= 15 is 0 Å². The van der Waals surface area contributed by atoms with Crippen molar-refractivity contribution in [2.45, 2.75) is 19.4 Å². The number of amides is 2. The predicted molar refractivity (Wildman–Crippen MR) is 94.1 cm³/mol. The quantitative estimate of drug-likeness (QED) is 0.683. The van der Waals surface area contributed by atoms with E-state index in [1.807, 2.05) is 0 Å². The molecule has 0 saturated heterocycles. The van der Waals surface area contributed by atoms with Gasteiger partial charge in [-0.1, -0.05) is 19.1 Å². The minimum absolute atomic E-state index is 0.226. The number of nitrogens with one attached hydrogen (secondary N) is 2. The lowest BCUT2D eigenvalue weighted by Crippen LogP contribution is -2.27. The topological polar surface area (TPSA) is 96.2 Å². The number of hydrogen-bond donors (Lipinski definition) is 3.